The number of rotatable bonds is 10. The van der Waals surface area contributed by atoms with Crippen molar-refractivity contribution in [3.63, 3.8) is 0 Å². The number of anilines is 1. The third-order valence-electron chi connectivity index (χ3n) is 4.05. The normalized spacial score (nSPS) is 11.3. The van der Waals surface area contributed by atoms with E-state index >= 15 is 0 Å². The molecule has 0 spiro atoms. The molecule has 0 aromatic heterocycles. The lowest BCUT2D eigenvalue weighted by molar-refractivity contribution is -0.115. The van der Waals surface area contributed by atoms with E-state index in [1.165, 1.54) is 24.3 Å². The quantitative estimate of drug-likeness (QED) is 0.603. The van der Waals surface area contributed by atoms with Gasteiger partial charge in [0.05, 0.1) is 11.3 Å². The number of halogens is 1. The van der Waals surface area contributed by atoms with Crippen molar-refractivity contribution >= 4 is 21.6 Å². The second-order valence-corrected chi connectivity index (χ2v) is 8.10. The Morgan fingerprint density at radius 3 is 2.26 bits per heavy atom. The minimum absolute atomic E-state index is 0.111. The molecule has 2 rings (SSSR count). The molecule has 0 unspecified atom stereocenters. The molecule has 2 aromatic rings. The number of amides is 1. The van der Waals surface area contributed by atoms with Gasteiger partial charge in [0.1, 0.15) is 5.82 Å². The number of benzene rings is 2. The van der Waals surface area contributed by atoms with Gasteiger partial charge in [0.2, 0.25) is 15.9 Å². The van der Waals surface area contributed by atoms with Crippen LogP contribution in [-0.4, -0.2) is 20.9 Å². The lowest BCUT2D eigenvalue weighted by Crippen LogP contribution is -2.24. The highest BCUT2D eigenvalue weighted by atomic mass is 32.2. The van der Waals surface area contributed by atoms with Crippen LogP contribution >= 0.6 is 0 Å². The zero-order chi connectivity index (χ0) is 19.7. The van der Waals surface area contributed by atoms with Crippen molar-refractivity contribution in [2.24, 2.45) is 0 Å². The Morgan fingerprint density at radius 1 is 0.963 bits per heavy atom. The molecule has 7 heteroatoms. The largest absolute Gasteiger partial charge is 0.326 e. The van der Waals surface area contributed by atoms with E-state index in [1.54, 1.807) is 24.3 Å². The summed E-state index contributed by atoms with van der Waals surface area (Å²) in [5, 5.41) is 2.70. The lowest BCUT2D eigenvalue weighted by Gasteiger charge is -2.09. The number of carbonyl (C=O) groups excluding carboxylic acids is 1. The zero-order valence-corrected chi connectivity index (χ0v) is 16.2. The fraction of sp³-hybridized carbons (Fsp3) is 0.350. The highest BCUT2D eigenvalue weighted by Gasteiger charge is 2.13. The van der Waals surface area contributed by atoms with Gasteiger partial charge in [-0.1, -0.05) is 38.3 Å². The third kappa shape index (κ3) is 7.11. The van der Waals surface area contributed by atoms with E-state index in [9.17, 15) is 17.6 Å². The summed E-state index contributed by atoms with van der Waals surface area (Å²) in [5.74, 6) is -0.610. The minimum atomic E-state index is -3.54. The predicted molar refractivity (Wildman–Crippen MR) is 105 cm³/mol. The van der Waals surface area contributed by atoms with Gasteiger partial charge in [-0.3, -0.25) is 4.79 Å². The molecule has 0 bridgehead atoms. The molecule has 0 fully saturated rings. The summed E-state index contributed by atoms with van der Waals surface area (Å²) in [6.07, 6.45) is 4.11. The monoisotopic (exact) mass is 392 g/mol. The van der Waals surface area contributed by atoms with Crippen LogP contribution in [0.5, 0.6) is 0 Å². The van der Waals surface area contributed by atoms with E-state index < -0.39 is 10.0 Å². The van der Waals surface area contributed by atoms with Crippen LogP contribution in [0.25, 0.3) is 0 Å². The van der Waals surface area contributed by atoms with Crippen LogP contribution in [0.2, 0.25) is 0 Å². The predicted octanol–water partition coefficient (Wildman–Crippen LogP) is 3.87. The number of hydrogen-bond donors (Lipinski definition) is 2. The molecule has 146 valence electrons. The van der Waals surface area contributed by atoms with Crippen LogP contribution in [0.1, 0.15) is 38.2 Å². The Bertz CT molecular complexity index is 835. The zero-order valence-electron chi connectivity index (χ0n) is 15.4. The summed E-state index contributed by atoms with van der Waals surface area (Å²) >= 11 is 0. The van der Waals surface area contributed by atoms with Gasteiger partial charge in [0, 0.05) is 12.2 Å². The molecular weight excluding hydrogens is 367 g/mol. The molecule has 27 heavy (non-hydrogen) atoms. The van der Waals surface area contributed by atoms with Crippen LogP contribution < -0.4 is 10.0 Å². The van der Waals surface area contributed by atoms with Crippen molar-refractivity contribution < 1.29 is 17.6 Å². The van der Waals surface area contributed by atoms with Crippen molar-refractivity contribution in [1.82, 2.24) is 4.72 Å². The minimum Gasteiger partial charge on any atom is -0.326 e. The van der Waals surface area contributed by atoms with Gasteiger partial charge in [0.15, 0.2) is 0 Å². The number of sulfonamides is 1. The Morgan fingerprint density at radius 2 is 1.63 bits per heavy atom. The number of carbonyl (C=O) groups is 1. The molecule has 0 aliphatic heterocycles. The molecule has 1 amide bonds. The average Bonchev–Trinajstić information content (AvgIpc) is 2.64. The fourth-order valence-corrected chi connectivity index (χ4v) is 3.63. The van der Waals surface area contributed by atoms with Crippen LogP contribution in [0.15, 0.2) is 53.4 Å². The first kappa shape index (κ1) is 21.1. The van der Waals surface area contributed by atoms with E-state index in [-0.39, 0.29) is 23.0 Å². The molecule has 0 heterocycles. The van der Waals surface area contributed by atoms with E-state index in [4.69, 9.17) is 0 Å². The highest BCUT2D eigenvalue weighted by molar-refractivity contribution is 7.89. The van der Waals surface area contributed by atoms with Crippen LogP contribution in [0.4, 0.5) is 10.1 Å². The van der Waals surface area contributed by atoms with Crippen molar-refractivity contribution in [1.29, 1.82) is 0 Å². The molecule has 0 atom stereocenters. The molecule has 5 nitrogen and oxygen atoms in total. The Hall–Kier alpha value is -2.25. The van der Waals surface area contributed by atoms with Gasteiger partial charge >= 0.3 is 0 Å². The first-order valence-electron chi connectivity index (χ1n) is 9.05. The van der Waals surface area contributed by atoms with Gasteiger partial charge in [0.25, 0.3) is 0 Å². The number of unbranched alkanes of at least 4 members (excludes halogenated alkanes) is 3. The summed E-state index contributed by atoms with van der Waals surface area (Å²) in [6, 6.07) is 11.7. The summed E-state index contributed by atoms with van der Waals surface area (Å²) in [5.41, 5.74) is 1.20. The highest BCUT2D eigenvalue weighted by Crippen LogP contribution is 2.15. The van der Waals surface area contributed by atoms with Crippen LogP contribution in [-0.2, 0) is 21.2 Å². The van der Waals surface area contributed by atoms with E-state index in [2.05, 4.69) is 17.0 Å². The van der Waals surface area contributed by atoms with Crippen molar-refractivity contribution in [2.45, 2.75) is 43.9 Å². The molecular formula is C20H25FN2O3S. The number of nitrogens with one attached hydrogen (secondary N) is 2. The molecule has 0 aliphatic rings. The lowest BCUT2D eigenvalue weighted by atomic mass is 10.1. The summed E-state index contributed by atoms with van der Waals surface area (Å²) in [4.78, 5) is 12.2. The third-order valence-corrected chi connectivity index (χ3v) is 5.53. The van der Waals surface area contributed by atoms with Gasteiger partial charge in [-0.2, -0.15) is 0 Å². The molecule has 0 saturated carbocycles. The Labute approximate surface area is 160 Å². The molecule has 2 aromatic carbocycles. The average molecular weight is 392 g/mol. The number of hydrogen-bond acceptors (Lipinski definition) is 3. The Balaban J connectivity index is 1.88. The van der Waals surface area contributed by atoms with Crippen LogP contribution in [0, 0.1) is 5.82 Å². The smallest absolute Gasteiger partial charge is 0.240 e. The topological polar surface area (TPSA) is 75.3 Å². The van der Waals surface area contributed by atoms with Gasteiger partial charge < -0.3 is 5.32 Å². The maximum absolute atomic E-state index is 12.9. The SMILES string of the molecule is CCCCCCNS(=O)(=O)c1ccc(NC(=O)Cc2ccc(F)cc2)cc1. The summed E-state index contributed by atoms with van der Waals surface area (Å²) in [6.45, 7) is 2.52. The van der Waals surface area contributed by atoms with Crippen molar-refractivity contribution in [2.75, 3.05) is 11.9 Å². The first-order valence-corrected chi connectivity index (χ1v) is 10.5. The van der Waals surface area contributed by atoms with Gasteiger partial charge in [-0.15, -0.1) is 0 Å². The standard InChI is InChI=1S/C20H25FN2O3S/c1-2-3-4-5-14-22-27(25,26)19-12-10-18(11-13-19)23-20(24)15-16-6-8-17(21)9-7-16/h6-13,22H,2-5,14-15H2,1H3,(H,23,24). The Kier molecular flexibility index (Phi) is 7.94. The summed E-state index contributed by atoms with van der Waals surface area (Å²) in [7, 11) is -3.54. The summed E-state index contributed by atoms with van der Waals surface area (Å²) < 4.78 is 39.9. The second kappa shape index (κ2) is 10.2. The molecule has 0 radical (unpaired) electrons. The molecule has 0 saturated heterocycles. The first-order chi connectivity index (χ1) is 12.9. The van der Waals surface area contributed by atoms with Crippen LogP contribution in [0.3, 0.4) is 0 Å². The van der Waals surface area contributed by atoms with Crippen molar-refractivity contribution in [3.05, 3.63) is 59.9 Å². The van der Waals surface area contributed by atoms with E-state index in [0.717, 1.165) is 25.7 Å². The molecule has 0 aliphatic carbocycles. The van der Waals surface area contributed by atoms with Gasteiger partial charge in [-0.05, 0) is 48.4 Å². The maximum Gasteiger partial charge on any atom is 0.240 e. The van der Waals surface area contributed by atoms with E-state index in [1.807, 2.05) is 0 Å². The maximum atomic E-state index is 12.9. The van der Waals surface area contributed by atoms with E-state index in [0.29, 0.717) is 17.8 Å². The van der Waals surface area contributed by atoms with Gasteiger partial charge in [-0.25, -0.2) is 17.5 Å². The molecule has 2 N–H and O–H groups in total. The van der Waals surface area contributed by atoms with Crippen molar-refractivity contribution in [3.8, 4) is 0 Å². The second-order valence-electron chi connectivity index (χ2n) is 6.33. The fourth-order valence-electron chi connectivity index (χ4n) is 2.55.